The number of hydrogen-bond acceptors (Lipinski definition) is 5. The van der Waals surface area contributed by atoms with Gasteiger partial charge in [0.15, 0.2) is 11.5 Å². The Morgan fingerprint density at radius 2 is 1.79 bits per heavy atom. The number of imide groups is 1. The normalized spacial score (nSPS) is 14.7. The van der Waals surface area contributed by atoms with Crippen molar-refractivity contribution < 1.29 is 19.1 Å². The van der Waals surface area contributed by atoms with Crippen LogP contribution in [0.2, 0.25) is 5.02 Å². The lowest BCUT2D eigenvalue weighted by molar-refractivity contribution is -0.123. The van der Waals surface area contributed by atoms with Gasteiger partial charge in [0.05, 0.1) is 18.1 Å². The van der Waals surface area contributed by atoms with Crippen molar-refractivity contribution in [3.8, 4) is 11.5 Å². The van der Waals surface area contributed by atoms with E-state index in [4.69, 9.17) is 21.1 Å². The molecule has 1 aliphatic heterocycles. The van der Waals surface area contributed by atoms with Crippen LogP contribution < -0.4 is 9.47 Å². The van der Waals surface area contributed by atoms with E-state index in [-0.39, 0.29) is 17.7 Å². The lowest BCUT2D eigenvalue weighted by atomic mass is 10.1. The number of halogens is 1. The summed E-state index contributed by atoms with van der Waals surface area (Å²) in [5.41, 5.74) is 3.62. The molecule has 34 heavy (non-hydrogen) atoms. The van der Waals surface area contributed by atoms with E-state index in [1.54, 1.807) is 18.2 Å². The first kappa shape index (κ1) is 23.9. The third-order valence-corrected chi connectivity index (χ3v) is 6.48. The topological polar surface area (TPSA) is 55.8 Å². The van der Waals surface area contributed by atoms with E-state index in [1.165, 1.54) is 4.90 Å². The van der Waals surface area contributed by atoms with Crippen LogP contribution in [0, 0.1) is 6.92 Å². The standard InChI is InChI=1S/C27H24ClNO4S/c1-3-32-24-14-19(11-12-23(24)33-17-21-9-4-5-10-22(21)28)15-25-26(30)29(27(31)34-25)16-20-8-6-7-18(2)13-20/h4-15H,3,16-17H2,1-2H3/b25-15+. The third-order valence-electron chi connectivity index (χ3n) is 5.20. The van der Waals surface area contributed by atoms with Crippen molar-refractivity contribution >= 4 is 40.6 Å². The van der Waals surface area contributed by atoms with Gasteiger partial charge in [-0.05, 0) is 61.0 Å². The van der Waals surface area contributed by atoms with Crippen LogP contribution in [-0.2, 0) is 17.9 Å². The summed E-state index contributed by atoms with van der Waals surface area (Å²) >= 11 is 7.17. The Kier molecular flexibility index (Phi) is 7.60. The average molecular weight is 494 g/mol. The Hall–Kier alpha value is -3.22. The molecule has 2 amide bonds. The van der Waals surface area contributed by atoms with Crippen molar-refractivity contribution in [1.29, 1.82) is 0 Å². The maximum atomic E-state index is 12.9. The van der Waals surface area contributed by atoms with Crippen molar-refractivity contribution in [2.75, 3.05) is 6.61 Å². The summed E-state index contributed by atoms with van der Waals surface area (Å²) in [6, 6.07) is 20.7. The molecule has 7 heteroatoms. The molecule has 0 spiro atoms. The summed E-state index contributed by atoms with van der Waals surface area (Å²) in [6.07, 6.45) is 1.71. The number of carbonyl (C=O) groups excluding carboxylic acids is 2. The summed E-state index contributed by atoms with van der Waals surface area (Å²) in [5, 5.41) is 0.362. The summed E-state index contributed by atoms with van der Waals surface area (Å²) in [5.74, 6) is 0.835. The molecule has 0 unspecified atom stereocenters. The SMILES string of the molecule is CCOc1cc(/C=C2/SC(=O)N(Cc3cccc(C)c3)C2=O)ccc1OCc1ccccc1Cl. The summed E-state index contributed by atoms with van der Waals surface area (Å²) in [7, 11) is 0. The molecule has 4 rings (SSSR count). The van der Waals surface area contributed by atoms with Crippen LogP contribution in [0.4, 0.5) is 4.79 Å². The van der Waals surface area contributed by atoms with Crippen LogP contribution in [0.1, 0.15) is 29.2 Å². The van der Waals surface area contributed by atoms with Crippen LogP contribution in [-0.4, -0.2) is 22.7 Å². The minimum atomic E-state index is -0.298. The molecule has 0 aliphatic carbocycles. The first-order valence-electron chi connectivity index (χ1n) is 10.9. The van der Waals surface area contributed by atoms with Gasteiger partial charge >= 0.3 is 0 Å². The molecule has 0 atom stereocenters. The fraction of sp³-hybridized carbons (Fsp3) is 0.185. The molecule has 174 valence electrons. The quantitative estimate of drug-likeness (QED) is 0.321. The molecule has 3 aromatic carbocycles. The Morgan fingerprint density at radius 3 is 2.56 bits per heavy atom. The Balaban J connectivity index is 1.51. The van der Waals surface area contributed by atoms with Crippen LogP contribution in [0.15, 0.2) is 71.6 Å². The molecule has 0 bridgehead atoms. The highest BCUT2D eigenvalue weighted by atomic mass is 35.5. The van der Waals surface area contributed by atoms with Gasteiger partial charge in [-0.1, -0.05) is 65.7 Å². The predicted molar refractivity (Wildman–Crippen MR) is 136 cm³/mol. The van der Waals surface area contributed by atoms with Crippen LogP contribution in [0.3, 0.4) is 0 Å². The first-order chi connectivity index (χ1) is 16.4. The predicted octanol–water partition coefficient (Wildman–Crippen LogP) is 6.86. The van der Waals surface area contributed by atoms with Gasteiger partial charge < -0.3 is 9.47 Å². The van der Waals surface area contributed by atoms with E-state index in [1.807, 2.05) is 68.4 Å². The minimum Gasteiger partial charge on any atom is -0.490 e. The molecule has 0 aromatic heterocycles. The second-order valence-corrected chi connectivity index (χ2v) is 9.18. The zero-order valence-electron chi connectivity index (χ0n) is 18.9. The van der Waals surface area contributed by atoms with Crippen LogP contribution in [0.5, 0.6) is 11.5 Å². The number of amides is 2. The highest BCUT2D eigenvalue weighted by Crippen LogP contribution is 2.36. The van der Waals surface area contributed by atoms with Gasteiger partial charge in [0.1, 0.15) is 6.61 Å². The fourth-order valence-electron chi connectivity index (χ4n) is 3.55. The van der Waals surface area contributed by atoms with Crippen molar-refractivity contribution in [1.82, 2.24) is 4.90 Å². The molecule has 5 nitrogen and oxygen atoms in total. The lowest BCUT2D eigenvalue weighted by Crippen LogP contribution is -2.27. The lowest BCUT2D eigenvalue weighted by Gasteiger charge is -2.14. The highest BCUT2D eigenvalue weighted by Gasteiger charge is 2.35. The van der Waals surface area contributed by atoms with E-state index in [2.05, 4.69) is 0 Å². The van der Waals surface area contributed by atoms with Gasteiger partial charge in [0, 0.05) is 10.6 Å². The molecule has 1 aliphatic rings. The van der Waals surface area contributed by atoms with Gasteiger partial charge in [0.25, 0.3) is 11.1 Å². The Labute approximate surface area is 208 Å². The molecule has 0 radical (unpaired) electrons. The molecule has 0 N–H and O–H groups in total. The number of rotatable bonds is 8. The smallest absolute Gasteiger partial charge is 0.293 e. The molecular formula is C27H24ClNO4S. The number of thioether (sulfide) groups is 1. The summed E-state index contributed by atoms with van der Waals surface area (Å²) < 4.78 is 11.7. The second kappa shape index (κ2) is 10.8. The third kappa shape index (κ3) is 5.64. The molecule has 3 aromatic rings. The number of ether oxygens (including phenoxy) is 2. The second-order valence-electron chi connectivity index (χ2n) is 7.78. The molecule has 0 saturated carbocycles. The van der Waals surface area contributed by atoms with Crippen molar-refractivity contribution in [3.63, 3.8) is 0 Å². The first-order valence-corrected chi connectivity index (χ1v) is 12.1. The number of nitrogens with zero attached hydrogens (tertiary/aromatic N) is 1. The Bertz CT molecular complexity index is 1260. The monoisotopic (exact) mass is 493 g/mol. The minimum absolute atomic E-state index is 0.253. The van der Waals surface area contributed by atoms with E-state index >= 15 is 0 Å². The number of benzene rings is 3. The maximum Gasteiger partial charge on any atom is 0.293 e. The highest BCUT2D eigenvalue weighted by molar-refractivity contribution is 8.18. The van der Waals surface area contributed by atoms with Crippen molar-refractivity contribution in [3.05, 3.63) is 98.9 Å². The zero-order chi connectivity index (χ0) is 24.1. The van der Waals surface area contributed by atoms with Gasteiger partial charge in [-0.15, -0.1) is 0 Å². The number of hydrogen-bond donors (Lipinski definition) is 0. The maximum absolute atomic E-state index is 12.9. The van der Waals surface area contributed by atoms with Crippen molar-refractivity contribution in [2.45, 2.75) is 27.0 Å². The van der Waals surface area contributed by atoms with Gasteiger partial charge in [-0.2, -0.15) is 0 Å². The molecule has 1 heterocycles. The fourth-order valence-corrected chi connectivity index (χ4v) is 4.58. The van der Waals surface area contributed by atoms with Gasteiger partial charge in [-0.3, -0.25) is 14.5 Å². The van der Waals surface area contributed by atoms with Crippen LogP contribution in [0.25, 0.3) is 6.08 Å². The van der Waals surface area contributed by atoms with Crippen LogP contribution >= 0.6 is 23.4 Å². The summed E-state index contributed by atoms with van der Waals surface area (Å²) in [4.78, 5) is 27.1. The van der Waals surface area contributed by atoms with Gasteiger partial charge in [0.2, 0.25) is 0 Å². The van der Waals surface area contributed by atoms with E-state index in [0.29, 0.717) is 34.6 Å². The number of carbonyl (C=O) groups is 2. The Morgan fingerprint density at radius 1 is 0.971 bits per heavy atom. The molecular weight excluding hydrogens is 470 g/mol. The number of aryl methyl sites for hydroxylation is 1. The van der Waals surface area contributed by atoms with Crippen molar-refractivity contribution in [2.24, 2.45) is 0 Å². The van der Waals surface area contributed by atoms with E-state index in [0.717, 1.165) is 34.0 Å². The molecule has 1 fully saturated rings. The largest absolute Gasteiger partial charge is 0.490 e. The zero-order valence-corrected chi connectivity index (χ0v) is 20.5. The summed E-state index contributed by atoms with van der Waals surface area (Å²) in [6.45, 7) is 4.88. The van der Waals surface area contributed by atoms with E-state index in [9.17, 15) is 9.59 Å². The average Bonchev–Trinajstić information content (AvgIpc) is 3.07. The molecule has 1 saturated heterocycles. The van der Waals surface area contributed by atoms with Gasteiger partial charge in [-0.25, -0.2) is 0 Å². The van der Waals surface area contributed by atoms with E-state index < -0.39 is 0 Å².